The van der Waals surface area contributed by atoms with E-state index in [4.69, 9.17) is 5.73 Å². The van der Waals surface area contributed by atoms with E-state index in [1.54, 1.807) is 6.20 Å². The second-order valence-electron chi connectivity index (χ2n) is 3.94. The molecular formula is C12H18N4. The number of anilines is 1. The summed E-state index contributed by atoms with van der Waals surface area (Å²) in [5.74, 6) is 0.603. The average Bonchev–Trinajstić information content (AvgIpc) is 2.34. The molecule has 0 bridgehead atoms. The number of aromatic nitrogens is 1. The van der Waals surface area contributed by atoms with E-state index in [0.29, 0.717) is 5.82 Å². The predicted molar refractivity (Wildman–Crippen MR) is 66.0 cm³/mol. The van der Waals surface area contributed by atoms with Gasteiger partial charge in [0.1, 0.15) is 5.82 Å². The molecule has 1 aromatic heterocycles. The van der Waals surface area contributed by atoms with Crippen LogP contribution in [0.2, 0.25) is 0 Å². The van der Waals surface area contributed by atoms with Crippen molar-refractivity contribution < 1.29 is 0 Å². The Morgan fingerprint density at radius 2 is 2.25 bits per heavy atom. The van der Waals surface area contributed by atoms with Crippen LogP contribution in [0, 0.1) is 0 Å². The number of hydrogen-bond donors (Lipinski definition) is 2. The van der Waals surface area contributed by atoms with Gasteiger partial charge in [-0.3, -0.25) is 4.90 Å². The fourth-order valence-electron chi connectivity index (χ4n) is 2.11. The minimum absolute atomic E-state index is 0.177. The third kappa shape index (κ3) is 2.23. The molecule has 2 heterocycles. The normalized spacial score (nSPS) is 19.2. The van der Waals surface area contributed by atoms with Gasteiger partial charge in [0.25, 0.3) is 0 Å². The zero-order chi connectivity index (χ0) is 11.4. The van der Waals surface area contributed by atoms with Crippen molar-refractivity contribution in [3.8, 4) is 0 Å². The Bertz CT molecular complexity index is 358. The van der Waals surface area contributed by atoms with Gasteiger partial charge in [-0.15, -0.1) is 6.58 Å². The molecule has 0 saturated carbocycles. The van der Waals surface area contributed by atoms with Gasteiger partial charge in [0.15, 0.2) is 0 Å². The molecule has 1 fully saturated rings. The molecule has 0 amide bonds. The van der Waals surface area contributed by atoms with Crippen LogP contribution >= 0.6 is 0 Å². The van der Waals surface area contributed by atoms with Crippen LogP contribution in [0.3, 0.4) is 0 Å². The number of nitrogens with two attached hydrogens (primary N) is 1. The second kappa shape index (κ2) is 5.09. The van der Waals surface area contributed by atoms with Gasteiger partial charge in [-0.1, -0.05) is 12.1 Å². The number of nitrogens with zero attached hydrogens (tertiary/aromatic N) is 2. The highest BCUT2D eigenvalue weighted by atomic mass is 15.2. The van der Waals surface area contributed by atoms with E-state index in [0.717, 1.165) is 31.7 Å². The first kappa shape index (κ1) is 11.1. The maximum absolute atomic E-state index is 5.90. The lowest BCUT2D eigenvalue weighted by molar-refractivity contribution is 0.204. The van der Waals surface area contributed by atoms with Crippen LogP contribution in [0.5, 0.6) is 0 Å². The van der Waals surface area contributed by atoms with Gasteiger partial charge in [0.05, 0.1) is 6.04 Å². The van der Waals surface area contributed by atoms with E-state index in [9.17, 15) is 0 Å². The molecule has 16 heavy (non-hydrogen) atoms. The lowest BCUT2D eigenvalue weighted by Gasteiger charge is -2.33. The number of pyridine rings is 1. The lowest BCUT2D eigenvalue weighted by atomic mass is 10.1. The standard InChI is InChI=1S/C12H18N4/c1-2-11(16-8-6-14-7-9-16)10-4-3-5-15-12(10)13/h2-5,11,14H,1,6-9H2,(H2,13,15)/t11-/m1/s1. The maximum Gasteiger partial charge on any atom is 0.128 e. The third-order valence-electron chi connectivity index (χ3n) is 2.96. The minimum atomic E-state index is 0.177. The maximum atomic E-state index is 5.90. The Morgan fingerprint density at radius 3 is 2.88 bits per heavy atom. The van der Waals surface area contributed by atoms with Gasteiger partial charge in [-0.2, -0.15) is 0 Å². The summed E-state index contributed by atoms with van der Waals surface area (Å²) in [5.41, 5.74) is 6.96. The minimum Gasteiger partial charge on any atom is -0.383 e. The van der Waals surface area contributed by atoms with Crippen molar-refractivity contribution in [2.75, 3.05) is 31.9 Å². The van der Waals surface area contributed by atoms with Crippen molar-refractivity contribution in [3.05, 3.63) is 36.5 Å². The molecule has 86 valence electrons. The van der Waals surface area contributed by atoms with Crippen molar-refractivity contribution >= 4 is 5.82 Å². The van der Waals surface area contributed by atoms with Crippen molar-refractivity contribution in [3.63, 3.8) is 0 Å². The monoisotopic (exact) mass is 218 g/mol. The van der Waals surface area contributed by atoms with Gasteiger partial charge in [-0.25, -0.2) is 4.98 Å². The highest BCUT2D eigenvalue weighted by Crippen LogP contribution is 2.25. The molecule has 1 aliphatic heterocycles. The first-order valence-electron chi connectivity index (χ1n) is 5.60. The van der Waals surface area contributed by atoms with Gasteiger partial charge < -0.3 is 11.1 Å². The van der Waals surface area contributed by atoms with Crippen molar-refractivity contribution in [2.24, 2.45) is 0 Å². The molecule has 1 atom stereocenters. The summed E-state index contributed by atoms with van der Waals surface area (Å²) in [6, 6.07) is 4.12. The van der Waals surface area contributed by atoms with Crippen LogP contribution in [0.25, 0.3) is 0 Å². The largest absolute Gasteiger partial charge is 0.383 e. The second-order valence-corrected chi connectivity index (χ2v) is 3.94. The van der Waals surface area contributed by atoms with Gasteiger partial charge in [-0.05, 0) is 6.07 Å². The molecule has 4 heteroatoms. The number of nitrogens with one attached hydrogen (secondary N) is 1. The molecule has 0 aromatic carbocycles. The predicted octanol–water partition coefficient (Wildman–Crippen LogP) is 0.796. The zero-order valence-corrected chi connectivity index (χ0v) is 9.39. The first-order valence-corrected chi connectivity index (χ1v) is 5.60. The van der Waals surface area contributed by atoms with E-state index >= 15 is 0 Å². The summed E-state index contributed by atoms with van der Waals surface area (Å²) in [5, 5.41) is 3.34. The summed E-state index contributed by atoms with van der Waals surface area (Å²) in [7, 11) is 0. The van der Waals surface area contributed by atoms with Crippen LogP contribution in [-0.2, 0) is 0 Å². The molecule has 1 aromatic rings. The van der Waals surface area contributed by atoms with Crippen molar-refractivity contribution in [2.45, 2.75) is 6.04 Å². The average molecular weight is 218 g/mol. The van der Waals surface area contributed by atoms with Crippen LogP contribution in [0.4, 0.5) is 5.82 Å². The Balaban J connectivity index is 2.21. The fraction of sp³-hybridized carbons (Fsp3) is 0.417. The third-order valence-corrected chi connectivity index (χ3v) is 2.96. The molecule has 2 rings (SSSR count). The SMILES string of the molecule is C=C[C@H](c1cccnc1N)N1CCNCC1. The Hall–Kier alpha value is -1.39. The Labute approximate surface area is 96.2 Å². The topological polar surface area (TPSA) is 54.2 Å². The molecule has 1 aliphatic rings. The number of piperazine rings is 1. The summed E-state index contributed by atoms with van der Waals surface area (Å²) < 4.78 is 0. The van der Waals surface area contributed by atoms with Gasteiger partial charge in [0, 0.05) is 37.9 Å². The molecule has 0 aliphatic carbocycles. The van der Waals surface area contributed by atoms with Crippen LogP contribution in [0.1, 0.15) is 11.6 Å². The van der Waals surface area contributed by atoms with Crippen LogP contribution < -0.4 is 11.1 Å². The van der Waals surface area contributed by atoms with E-state index in [1.165, 1.54) is 0 Å². The fourth-order valence-corrected chi connectivity index (χ4v) is 2.11. The van der Waals surface area contributed by atoms with Gasteiger partial charge in [0.2, 0.25) is 0 Å². The van der Waals surface area contributed by atoms with E-state index < -0.39 is 0 Å². The van der Waals surface area contributed by atoms with Crippen LogP contribution in [0.15, 0.2) is 31.0 Å². The highest BCUT2D eigenvalue weighted by Gasteiger charge is 2.21. The summed E-state index contributed by atoms with van der Waals surface area (Å²) in [6.07, 6.45) is 3.66. The van der Waals surface area contributed by atoms with Crippen LogP contribution in [-0.4, -0.2) is 36.1 Å². The highest BCUT2D eigenvalue weighted by molar-refractivity contribution is 5.42. The molecule has 3 N–H and O–H groups in total. The lowest BCUT2D eigenvalue weighted by Crippen LogP contribution is -2.44. The molecule has 0 unspecified atom stereocenters. The number of hydrogen-bond acceptors (Lipinski definition) is 4. The van der Waals surface area contributed by atoms with E-state index in [1.807, 2.05) is 18.2 Å². The Kier molecular flexibility index (Phi) is 3.54. The van der Waals surface area contributed by atoms with E-state index in [2.05, 4.69) is 21.8 Å². The summed E-state index contributed by atoms with van der Waals surface area (Å²) >= 11 is 0. The van der Waals surface area contributed by atoms with Crippen molar-refractivity contribution in [1.82, 2.24) is 15.2 Å². The molecule has 1 saturated heterocycles. The molecule has 4 nitrogen and oxygen atoms in total. The smallest absolute Gasteiger partial charge is 0.128 e. The van der Waals surface area contributed by atoms with Crippen molar-refractivity contribution in [1.29, 1.82) is 0 Å². The molecule has 0 spiro atoms. The Morgan fingerprint density at radius 1 is 1.50 bits per heavy atom. The van der Waals surface area contributed by atoms with Gasteiger partial charge >= 0.3 is 0 Å². The summed E-state index contributed by atoms with van der Waals surface area (Å²) in [4.78, 5) is 6.50. The zero-order valence-electron chi connectivity index (χ0n) is 9.39. The number of nitrogen functional groups attached to an aromatic ring is 1. The summed E-state index contributed by atoms with van der Waals surface area (Å²) in [6.45, 7) is 7.98. The number of rotatable bonds is 3. The molecule has 0 radical (unpaired) electrons. The van der Waals surface area contributed by atoms with E-state index in [-0.39, 0.29) is 6.04 Å². The quantitative estimate of drug-likeness (QED) is 0.737. The first-order chi connectivity index (χ1) is 7.83. The molecular weight excluding hydrogens is 200 g/mol.